The zero-order valence-corrected chi connectivity index (χ0v) is 22.3. The van der Waals surface area contributed by atoms with Gasteiger partial charge < -0.3 is 4.42 Å². The van der Waals surface area contributed by atoms with Crippen molar-refractivity contribution in [2.75, 3.05) is 0 Å². The fourth-order valence-corrected chi connectivity index (χ4v) is 7.72. The van der Waals surface area contributed by atoms with Crippen LogP contribution in [-0.2, 0) is 5.41 Å². The largest absolute Gasteiger partial charge is 0.456 e. The van der Waals surface area contributed by atoms with Gasteiger partial charge >= 0.3 is 0 Å². The SMILES string of the molecule is CC1(C)c2ccccc2-c2cc3nc4n(c3cc21)c1cccc2c1n4c1nc3cc4c(cc3n21)oc1ccccc14. The summed E-state index contributed by atoms with van der Waals surface area (Å²) < 4.78 is 13.0. The van der Waals surface area contributed by atoms with Gasteiger partial charge in [0.25, 0.3) is 0 Å². The number of hydrogen-bond acceptors (Lipinski definition) is 3. The molecule has 5 aromatic carbocycles. The van der Waals surface area contributed by atoms with Crippen LogP contribution in [0.25, 0.3) is 83.2 Å². The first kappa shape index (κ1) is 20.5. The fourth-order valence-electron chi connectivity index (χ4n) is 7.72. The molecule has 10 aromatic rings. The Kier molecular flexibility index (Phi) is 3.17. The molecule has 1 aliphatic rings. The van der Waals surface area contributed by atoms with E-state index in [4.69, 9.17) is 14.4 Å². The minimum Gasteiger partial charge on any atom is -0.456 e. The molecule has 6 nitrogen and oxygen atoms in total. The number of fused-ring (bicyclic) bond motifs is 16. The molecule has 5 aromatic heterocycles. The molecule has 41 heavy (non-hydrogen) atoms. The fraction of sp³-hybridized carbons (Fsp3) is 0.0857. The van der Waals surface area contributed by atoms with Crippen LogP contribution in [0, 0.1) is 0 Å². The monoisotopic (exact) mass is 527 g/mol. The third-order valence-electron chi connectivity index (χ3n) is 9.57. The molecular formula is C35H21N5O. The molecular weight excluding hydrogens is 506 g/mol. The van der Waals surface area contributed by atoms with Gasteiger partial charge in [-0.3, -0.25) is 8.80 Å². The van der Waals surface area contributed by atoms with E-state index in [0.29, 0.717) is 0 Å². The first-order valence-electron chi connectivity index (χ1n) is 14.0. The Morgan fingerprint density at radius 3 is 2.10 bits per heavy atom. The Balaban J connectivity index is 1.29. The van der Waals surface area contributed by atoms with Crippen molar-refractivity contribution in [1.82, 2.24) is 23.2 Å². The van der Waals surface area contributed by atoms with E-state index in [1.165, 1.54) is 22.3 Å². The van der Waals surface area contributed by atoms with E-state index in [-0.39, 0.29) is 5.41 Å². The predicted octanol–water partition coefficient (Wildman–Crippen LogP) is 8.34. The molecule has 0 spiro atoms. The average molecular weight is 528 g/mol. The molecule has 0 saturated carbocycles. The summed E-state index contributed by atoms with van der Waals surface area (Å²) >= 11 is 0. The van der Waals surface area contributed by atoms with Crippen molar-refractivity contribution in [1.29, 1.82) is 0 Å². The van der Waals surface area contributed by atoms with Gasteiger partial charge in [-0.1, -0.05) is 62.4 Å². The quantitative estimate of drug-likeness (QED) is 0.199. The summed E-state index contributed by atoms with van der Waals surface area (Å²) in [5.41, 5.74) is 14.5. The second-order valence-corrected chi connectivity index (χ2v) is 12.0. The molecule has 0 amide bonds. The smallest absolute Gasteiger partial charge is 0.223 e. The molecule has 0 bridgehead atoms. The van der Waals surface area contributed by atoms with Crippen molar-refractivity contribution in [3.8, 4) is 11.1 Å². The molecule has 192 valence electrons. The van der Waals surface area contributed by atoms with Gasteiger partial charge in [-0.2, -0.15) is 0 Å². The summed E-state index contributed by atoms with van der Waals surface area (Å²) in [5.74, 6) is 1.76. The first-order chi connectivity index (χ1) is 20.1. The van der Waals surface area contributed by atoms with Gasteiger partial charge in [0.1, 0.15) is 16.7 Å². The summed E-state index contributed by atoms with van der Waals surface area (Å²) in [7, 11) is 0. The lowest BCUT2D eigenvalue weighted by Crippen LogP contribution is -2.14. The van der Waals surface area contributed by atoms with Gasteiger partial charge in [-0.05, 0) is 58.7 Å². The molecule has 0 fully saturated rings. The first-order valence-corrected chi connectivity index (χ1v) is 14.0. The number of para-hydroxylation sites is 2. The van der Waals surface area contributed by atoms with Crippen LogP contribution >= 0.6 is 0 Å². The van der Waals surface area contributed by atoms with Crippen molar-refractivity contribution >= 4 is 72.1 Å². The lowest BCUT2D eigenvalue weighted by atomic mass is 9.82. The zero-order chi connectivity index (χ0) is 26.8. The molecule has 1 aliphatic carbocycles. The van der Waals surface area contributed by atoms with Crippen LogP contribution in [0.1, 0.15) is 25.0 Å². The number of benzene rings is 5. The Bertz CT molecular complexity index is 2780. The summed E-state index contributed by atoms with van der Waals surface area (Å²) in [6.45, 7) is 4.65. The molecule has 6 heteroatoms. The van der Waals surface area contributed by atoms with Crippen molar-refractivity contribution in [2.45, 2.75) is 19.3 Å². The maximum absolute atomic E-state index is 6.25. The van der Waals surface area contributed by atoms with E-state index in [2.05, 4.69) is 106 Å². The van der Waals surface area contributed by atoms with E-state index < -0.39 is 0 Å². The zero-order valence-electron chi connectivity index (χ0n) is 22.3. The molecule has 0 saturated heterocycles. The third kappa shape index (κ3) is 2.16. The van der Waals surface area contributed by atoms with Crippen LogP contribution in [0.3, 0.4) is 0 Å². The van der Waals surface area contributed by atoms with Crippen LogP contribution < -0.4 is 0 Å². The maximum atomic E-state index is 6.25. The van der Waals surface area contributed by atoms with E-state index in [1.807, 2.05) is 12.1 Å². The summed E-state index contributed by atoms with van der Waals surface area (Å²) in [6, 6.07) is 32.4. The highest BCUT2D eigenvalue weighted by Gasteiger charge is 2.36. The summed E-state index contributed by atoms with van der Waals surface area (Å²) in [5, 5.41) is 2.20. The maximum Gasteiger partial charge on any atom is 0.223 e. The van der Waals surface area contributed by atoms with E-state index in [1.54, 1.807) is 0 Å². The van der Waals surface area contributed by atoms with Crippen molar-refractivity contribution < 1.29 is 4.42 Å². The molecule has 5 heterocycles. The van der Waals surface area contributed by atoms with E-state index in [9.17, 15) is 0 Å². The number of furan rings is 1. The van der Waals surface area contributed by atoms with Gasteiger partial charge in [0, 0.05) is 22.3 Å². The summed E-state index contributed by atoms with van der Waals surface area (Å²) in [6.07, 6.45) is 0. The second-order valence-electron chi connectivity index (χ2n) is 12.0. The molecule has 0 atom stereocenters. The van der Waals surface area contributed by atoms with Crippen molar-refractivity contribution in [3.05, 3.63) is 102 Å². The van der Waals surface area contributed by atoms with Crippen molar-refractivity contribution in [3.63, 3.8) is 0 Å². The van der Waals surface area contributed by atoms with Crippen LogP contribution in [0.5, 0.6) is 0 Å². The minimum atomic E-state index is -0.0695. The van der Waals surface area contributed by atoms with Gasteiger partial charge in [-0.15, -0.1) is 0 Å². The minimum absolute atomic E-state index is 0.0695. The van der Waals surface area contributed by atoms with Gasteiger partial charge in [-0.25, -0.2) is 14.4 Å². The van der Waals surface area contributed by atoms with Gasteiger partial charge in [0.05, 0.1) is 33.1 Å². The lowest BCUT2D eigenvalue weighted by molar-refractivity contribution is 0.661. The lowest BCUT2D eigenvalue weighted by Gasteiger charge is -2.21. The Labute approximate surface area is 232 Å². The normalized spacial score (nSPS) is 14.8. The van der Waals surface area contributed by atoms with Gasteiger partial charge in [0.2, 0.25) is 11.6 Å². The predicted molar refractivity (Wildman–Crippen MR) is 163 cm³/mol. The Morgan fingerprint density at radius 1 is 0.561 bits per heavy atom. The number of rotatable bonds is 0. The Hall–Kier alpha value is -5.36. The average Bonchev–Trinajstić information content (AvgIpc) is 3.79. The highest BCUT2D eigenvalue weighted by Crippen LogP contribution is 2.50. The molecule has 0 aliphatic heterocycles. The van der Waals surface area contributed by atoms with Crippen LogP contribution in [0.2, 0.25) is 0 Å². The topological polar surface area (TPSA) is 52.2 Å². The number of imidazole rings is 4. The van der Waals surface area contributed by atoms with Crippen molar-refractivity contribution in [2.24, 2.45) is 0 Å². The van der Waals surface area contributed by atoms with Crippen LogP contribution in [-0.4, -0.2) is 23.2 Å². The van der Waals surface area contributed by atoms with Gasteiger partial charge in [0.15, 0.2) is 0 Å². The molecule has 0 unspecified atom stereocenters. The Morgan fingerprint density at radius 2 is 1.27 bits per heavy atom. The number of aromatic nitrogens is 5. The van der Waals surface area contributed by atoms with E-state index >= 15 is 0 Å². The number of hydrogen-bond donors (Lipinski definition) is 0. The summed E-state index contributed by atoms with van der Waals surface area (Å²) in [4.78, 5) is 10.5. The second kappa shape index (κ2) is 6.34. The molecule has 0 N–H and O–H groups in total. The third-order valence-corrected chi connectivity index (χ3v) is 9.57. The highest BCUT2D eigenvalue weighted by molar-refractivity contribution is 6.11. The number of nitrogens with zero attached hydrogens (tertiary/aromatic N) is 5. The standard InChI is InChI=1S/C35H21N5O/c1-35(2)22-10-5-3-8-18(22)20-14-24-28(16-23(20)35)38-26-11-7-12-27-32(26)40(33(38)36-24)34-37-25-15-21-19-9-4-6-13-30(19)41-31(21)17-29(25)39(27)34/h3-17H,1-2H3. The van der Waals surface area contributed by atoms with E-state index in [0.717, 1.165) is 72.1 Å². The van der Waals surface area contributed by atoms with Crippen LogP contribution in [0.4, 0.5) is 0 Å². The van der Waals surface area contributed by atoms with Crippen LogP contribution in [0.15, 0.2) is 95.4 Å². The molecule has 0 radical (unpaired) electrons. The molecule has 11 rings (SSSR count). The highest BCUT2D eigenvalue weighted by atomic mass is 16.3.